The van der Waals surface area contributed by atoms with Gasteiger partial charge in [-0.15, -0.1) is 11.3 Å². The quantitative estimate of drug-likeness (QED) is 0.0871. The summed E-state index contributed by atoms with van der Waals surface area (Å²) in [5.41, 5.74) is 4.82. The first-order valence-electron chi connectivity index (χ1n) is 21.6. The van der Waals surface area contributed by atoms with Crippen LogP contribution in [0.2, 0.25) is 5.02 Å². The van der Waals surface area contributed by atoms with Crippen molar-refractivity contribution in [2.24, 2.45) is 0 Å². The third-order valence-electron chi connectivity index (χ3n) is 12.1. The van der Waals surface area contributed by atoms with E-state index >= 15 is 0 Å². The van der Waals surface area contributed by atoms with E-state index in [2.05, 4.69) is 28.2 Å². The zero-order chi connectivity index (χ0) is 40.9. The van der Waals surface area contributed by atoms with Crippen LogP contribution in [0.25, 0.3) is 21.3 Å². The maximum absolute atomic E-state index is 12.3. The van der Waals surface area contributed by atoms with Gasteiger partial charge < -0.3 is 29.3 Å². The number of amides is 3. The van der Waals surface area contributed by atoms with Crippen molar-refractivity contribution in [2.75, 3.05) is 44.6 Å². The molecule has 1 N–H and O–H groups in total. The van der Waals surface area contributed by atoms with Crippen LogP contribution in [0.4, 0.5) is 5.69 Å². The molecule has 0 bridgehead atoms. The summed E-state index contributed by atoms with van der Waals surface area (Å²) in [7, 11) is 0. The van der Waals surface area contributed by atoms with Gasteiger partial charge in [0.15, 0.2) is 11.5 Å². The summed E-state index contributed by atoms with van der Waals surface area (Å²) in [5, 5.41) is 4.22. The molecule has 0 aliphatic carbocycles. The van der Waals surface area contributed by atoms with E-state index in [1.165, 1.54) is 30.6 Å². The lowest BCUT2D eigenvalue weighted by Crippen LogP contribution is -2.51. The number of imide groups is 1. The Hall–Kier alpha value is -4.39. The Kier molecular flexibility index (Phi) is 13.0. The second-order valence-corrected chi connectivity index (χ2v) is 18.1. The molecule has 2 aromatic carbocycles. The van der Waals surface area contributed by atoms with Gasteiger partial charge in [-0.1, -0.05) is 37.8 Å². The Bertz CT molecular complexity index is 2140. The Morgan fingerprint density at radius 3 is 2.46 bits per heavy atom. The summed E-state index contributed by atoms with van der Waals surface area (Å²) in [6.07, 6.45) is 13.2. The highest BCUT2D eigenvalue weighted by Gasteiger charge is 2.45. The van der Waals surface area contributed by atoms with E-state index in [4.69, 9.17) is 25.8 Å². The lowest BCUT2D eigenvalue weighted by atomic mass is 10.0. The first-order chi connectivity index (χ1) is 28.7. The average Bonchev–Trinajstić information content (AvgIpc) is 3.91. The van der Waals surface area contributed by atoms with Crippen molar-refractivity contribution in [1.29, 1.82) is 0 Å². The second kappa shape index (κ2) is 18.5. The molecule has 0 unspecified atom stereocenters. The van der Waals surface area contributed by atoms with Crippen molar-refractivity contribution in [2.45, 2.75) is 116 Å². The molecule has 2 aromatic heterocycles. The predicted molar refractivity (Wildman–Crippen MR) is 232 cm³/mol. The molecule has 0 saturated carbocycles. The van der Waals surface area contributed by atoms with Crippen molar-refractivity contribution in [3.05, 3.63) is 64.1 Å². The number of hydrogen-bond acceptors (Lipinski definition) is 10. The number of aromatic nitrogens is 1. The number of aryl methyl sites for hydroxylation is 1. The number of rotatable bonds is 16. The van der Waals surface area contributed by atoms with E-state index in [9.17, 15) is 14.4 Å². The van der Waals surface area contributed by atoms with Gasteiger partial charge >= 0.3 is 0 Å². The Balaban J connectivity index is 0.747. The number of anilines is 1. The number of fused-ring (bicyclic) bond motifs is 2. The van der Waals surface area contributed by atoms with Crippen molar-refractivity contribution >= 4 is 56.6 Å². The van der Waals surface area contributed by atoms with E-state index in [0.29, 0.717) is 37.4 Å². The van der Waals surface area contributed by atoms with Gasteiger partial charge in [-0.3, -0.25) is 24.3 Å². The maximum atomic E-state index is 12.3. The third kappa shape index (κ3) is 9.66. The molecular formula is C46H56ClN5O6S. The minimum Gasteiger partial charge on any atom is -0.489 e. The Morgan fingerprint density at radius 1 is 0.932 bits per heavy atom. The van der Waals surface area contributed by atoms with Gasteiger partial charge in [-0.25, -0.2) is 0 Å². The summed E-state index contributed by atoms with van der Waals surface area (Å²) < 4.78 is 20.4. The van der Waals surface area contributed by atoms with Crippen molar-refractivity contribution < 1.29 is 28.6 Å². The molecule has 8 rings (SSSR count). The highest BCUT2D eigenvalue weighted by atomic mass is 35.5. The molecule has 3 fully saturated rings. The molecule has 4 aliphatic heterocycles. The van der Waals surface area contributed by atoms with Crippen LogP contribution in [0.15, 0.2) is 48.7 Å². The monoisotopic (exact) mass is 841 g/mol. The van der Waals surface area contributed by atoms with Gasteiger partial charge in [0.2, 0.25) is 17.7 Å². The van der Waals surface area contributed by atoms with Crippen LogP contribution in [0.3, 0.4) is 0 Å². The average molecular weight is 843 g/mol. The van der Waals surface area contributed by atoms with Crippen LogP contribution in [0, 0.1) is 6.92 Å². The number of benzene rings is 2. The summed E-state index contributed by atoms with van der Waals surface area (Å²) in [5.74, 6) is 1.78. The van der Waals surface area contributed by atoms with Crippen LogP contribution in [-0.2, 0) is 20.9 Å². The predicted octanol–water partition coefficient (Wildman–Crippen LogP) is 9.37. The van der Waals surface area contributed by atoms with Crippen molar-refractivity contribution in [1.82, 2.24) is 19.7 Å². The molecule has 1 spiro atoms. The minimum atomic E-state index is -0.650. The van der Waals surface area contributed by atoms with Crippen LogP contribution in [0.5, 0.6) is 17.2 Å². The number of likely N-dealkylation sites (tertiary alicyclic amines) is 3. The van der Waals surface area contributed by atoms with Gasteiger partial charge in [-0.05, 0) is 87.5 Å². The molecule has 13 heteroatoms. The molecule has 4 aliphatic rings. The van der Waals surface area contributed by atoms with Gasteiger partial charge in [0.1, 0.15) is 11.9 Å². The van der Waals surface area contributed by atoms with Gasteiger partial charge in [0.05, 0.1) is 16.8 Å². The summed E-state index contributed by atoms with van der Waals surface area (Å²) >= 11 is 8.20. The third-order valence-corrected chi connectivity index (χ3v) is 13.5. The van der Waals surface area contributed by atoms with Crippen LogP contribution >= 0.6 is 22.9 Å². The smallest absolute Gasteiger partial charge is 0.255 e. The minimum absolute atomic E-state index is 0.114. The van der Waals surface area contributed by atoms with E-state index in [0.717, 1.165) is 107 Å². The molecule has 4 aromatic rings. The van der Waals surface area contributed by atoms with Crippen molar-refractivity contribution in [3.8, 4) is 28.4 Å². The first kappa shape index (κ1) is 41.3. The van der Waals surface area contributed by atoms with Crippen molar-refractivity contribution in [3.63, 3.8) is 0 Å². The van der Waals surface area contributed by atoms with E-state index < -0.39 is 5.79 Å². The number of hydrogen-bond donors (Lipinski definition) is 1. The Morgan fingerprint density at radius 2 is 1.68 bits per heavy atom. The van der Waals surface area contributed by atoms with Crippen LogP contribution < -0.4 is 19.5 Å². The first-order valence-corrected chi connectivity index (χ1v) is 22.8. The number of carbonyl (C=O) groups is 3. The molecule has 3 saturated heterocycles. The highest BCUT2D eigenvalue weighted by Crippen LogP contribution is 2.45. The molecule has 6 heterocycles. The SMILES string of the molecule is CCCC(=O)N1CCC2(CC1)Oc1ccc(NCCCCCCCN3CCC(Oc4c(C)cc(Cl)cc4-c4ccnc5cc(CN6C(=O)CCC6=O)sc45)CC3)cc1O2. The second-order valence-electron chi connectivity index (χ2n) is 16.5. The number of halogens is 1. The summed E-state index contributed by atoms with van der Waals surface area (Å²) in [4.78, 5) is 48.3. The molecule has 3 amide bonds. The number of ether oxygens (including phenoxy) is 3. The zero-order valence-corrected chi connectivity index (χ0v) is 35.9. The molecule has 314 valence electrons. The number of nitrogens with zero attached hydrogens (tertiary/aromatic N) is 4. The van der Waals surface area contributed by atoms with E-state index in [1.807, 2.05) is 48.2 Å². The van der Waals surface area contributed by atoms with Gasteiger partial charge in [-0.2, -0.15) is 0 Å². The topological polar surface area (TPSA) is 114 Å². The highest BCUT2D eigenvalue weighted by molar-refractivity contribution is 7.19. The molecular weight excluding hydrogens is 786 g/mol. The molecule has 0 atom stereocenters. The maximum Gasteiger partial charge on any atom is 0.255 e. The standard InChI is InChI=1S/C46H56ClN5O6S/c1-3-9-41(53)51-24-17-46(18-25-51)57-39-11-10-33(28-40(39)58-46)48-19-7-5-4-6-8-21-50-22-15-34(16-23-50)56-44-31(2)26-32(47)27-37(44)36-14-20-49-38-29-35(59-45(36)38)30-52-42(54)12-13-43(52)55/h10-11,14,20,26-29,34,48H,3-9,12-13,15-19,21-25,30H2,1-2H3. The van der Waals surface area contributed by atoms with Crippen LogP contribution in [-0.4, -0.2) is 88.6 Å². The van der Waals surface area contributed by atoms with Crippen LogP contribution in [0.1, 0.15) is 101 Å². The molecule has 11 nitrogen and oxygen atoms in total. The lowest BCUT2D eigenvalue weighted by Gasteiger charge is -2.37. The number of thiophene rings is 1. The van der Waals surface area contributed by atoms with Gasteiger partial charge in [0, 0.05) is 104 Å². The number of nitrogens with one attached hydrogen (secondary N) is 1. The number of carbonyl (C=O) groups excluding carboxylic acids is 3. The normalized spacial score (nSPS) is 18.1. The summed E-state index contributed by atoms with van der Waals surface area (Å²) in [6, 6.07) is 14.0. The van der Waals surface area contributed by atoms with E-state index in [-0.39, 0.29) is 43.2 Å². The van der Waals surface area contributed by atoms with Gasteiger partial charge in [0.25, 0.3) is 5.79 Å². The summed E-state index contributed by atoms with van der Waals surface area (Å²) in [6.45, 7) is 9.79. The lowest BCUT2D eigenvalue weighted by molar-refractivity contribution is -0.146. The largest absolute Gasteiger partial charge is 0.489 e. The van der Waals surface area contributed by atoms with E-state index in [1.54, 1.807) is 17.5 Å². The zero-order valence-electron chi connectivity index (χ0n) is 34.4. The number of piperidine rings is 2. The fourth-order valence-electron chi connectivity index (χ4n) is 8.84. The molecule has 59 heavy (non-hydrogen) atoms. The fourth-order valence-corrected chi connectivity index (χ4v) is 10.2. The number of pyridine rings is 1. The molecule has 0 radical (unpaired) electrons. The number of unbranched alkanes of at least 4 members (excludes halogenated alkanes) is 4. The Labute approximate surface area is 356 Å². The fraction of sp³-hybridized carbons (Fsp3) is 0.522.